The molecular formula is C43H66N6O6. The van der Waals surface area contributed by atoms with Gasteiger partial charge in [0.2, 0.25) is 0 Å². The van der Waals surface area contributed by atoms with Crippen LogP contribution in [-0.4, -0.2) is 113 Å². The lowest BCUT2D eigenvalue weighted by atomic mass is 9.92. The lowest BCUT2D eigenvalue weighted by Crippen LogP contribution is -2.48. The first-order valence-electron chi connectivity index (χ1n) is 20.3. The Hall–Kier alpha value is -3.90. The molecule has 0 radical (unpaired) electrons. The van der Waals surface area contributed by atoms with Crippen molar-refractivity contribution in [2.45, 2.75) is 130 Å². The molecule has 2 aromatic rings. The number of anilines is 1. The number of hydrogen-bond acceptors (Lipinski definition) is 9. The third kappa shape index (κ3) is 12.3. The molecule has 55 heavy (non-hydrogen) atoms. The van der Waals surface area contributed by atoms with E-state index in [0.717, 1.165) is 89.2 Å². The third-order valence-corrected chi connectivity index (χ3v) is 10.5. The zero-order valence-corrected chi connectivity index (χ0v) is 34.8. The second-order valence-corrected chi connectivity index (χ2v) is 18.5. The molecule has 0 bridgehead atoms. The number of pyridine rings is 1. The van der Waals surface area contributed by atoms with Crippen LogP contribution >= 0.6 is 0 Å². The van der Waals surface area contributed by atoms with E-state index in [4.69, 9.17) is 14.2 Å². The van der Waals surface area contributed by atoms with Crippen molar-refractivity contribution in [3.05, 3.63) is 59.9 Å². The van der Waals surface area contributed by atoms with Gasteiger partial charge < -0.3 is 29.3 Å². The third-order valence-electron chi connectivity index (χ3n) is 10.5. The van der Waals surface area contributed by atoms with Crippen LogP contribution in [0.4, 0.5) is 20.1 Å². The fourth-order valence-electron chi connectivity index (χ4n) is 8.16. The maximum absolute atomic E-state index is 12.4. The maximum Gasteiger partial charge on any atom is 0.414 e. The van der Waals surface area contributed by atoms with Gasteiger partial charge in [-0.05, 0) is 137 Å². The Kier molecular flexibility index (Phi) is 13.8. The van der Waals surface area contributed by atoms with Crippen LogP contribution in [-0.2, 0) is 27.2 Å². The summed E-state index contributed by atoms with van der Waals surface area (Å²) < 4.78 is 16.3. The molecule has 1 N–H and O–H groups in total. The number of nitrogens with zero attached hydrogens (tertiary/aromatic N) is 5. The van der Waals surface area contributed by atoms with Crippen molar-refractivity contribution >= 4 is 24.0 Å². The molecule has 0 spiro atoms. The minimum atomic E-state index is -0.452. The molecule has 12 nitrogen and oxygen atoms in total. The van der Waals surface area contributed by atoms with Crippen molar-refractivity contribution in [2.75, 3.05) is 50.7 Å². The monoisotopic (exact) mass is 763 g/mol. The fourth-order valence-corrected chi connectivity index (χ4v) is 8.16. The standard InChI is InChI=1S/C19H28N2O2.C12H22N2O2.C12H16N2O2/c1-19(2,3)23-18(22)21-12-9-16-14-20(11-10-17(16)21)13-15-7-5-4-6-8-15;2*1-12(2,3)16-11(15)14-7-5-9-8-13-6-4-10(9)14/h4-8,16-17H,9-14H2,1-3H3;9-10,13H,4-8H2,1-3H3;4,6,8H,5,7H2,1-3H3. The minimum Gasteiger partial charge on any atom is -0.444 e. The van der Waals surface area contributed by atoms with Crippen molar-refractivity contribution in [1.29, 1.82) is 0 Å². The summed E-state index contributed by atoms with van der Waals surface area (Å²) >= 11 is 0. The topological polar surface area (TPSA) is 117 Å². The van der Waals surface area contributed by atoms with Crippen molar-refractivity contribution in [3.63, 3.8) is 0 Å². The highest BCUT2D eigenvalue weighted by Gasteiger charge is 2.42. The lowest BCUT2D eigenvalue weighted by molar-refractivity contribution is 0.0136. The van der Waals surface area contributed by atoms with Gasteiger partial charge in [0.15, 0.2) is 0 Å². The first-order valence-corrected chi connectivity index (χ1v) is 20.3. The average Bonchev–Trinajstić information content (AvgIpc) is 3.84. The lowest BCUT2D eigenvalue weighted by Gasteiger charge is -2.38. The SMILES string of the molecule is CC(C)(C)OC(=O)N1CCC2CN(Cc3ccccc3)CCC21.CC(C)(C)OC(=O)N1CCC2CNCCC21.CC(C)(C)OC(=O)N1CCc2cnccc21. The molecule has 5 aliphatic rings. The summed E-state index contributed by atoms with van der Waals surface area (Å²) in [7, 11) is 0. The van der Waals surface area contributed by atoms with Crippen LogP contribution in [0.3, 0.4) is 0 Å². The van der Waals surface area contributed by atoms with Crippen LogP contribution in [0.1, 0.15) is 99.1 Å². The number of benzene rings is 1. The van der Waals surface area contributed by atoms with Crippen LogP contribution in [0.5, 0.6) is 0 Å². The van der Waals surface area contributed by atoms with Gasteiger partial charge in [-0.3, -0.25) is 14.8 Å². The van der Waals surface area contributed by atoms with Gasteiger partial charge in [-0.2, -0.15) is 0 Å². The van der Waals surface area contributed by atoms with E-state index >= 15 is 0 Å². The summed E-state index contributed by atoms with van der Waals surface area (Å²) in [6.07, 6.45) is 8.11. The van der Waals surface area contributed by atoms with Crippen LogP contribution in [0.15, 0.2) is 48.8 Å². The Labute approximate surface area is 329 Å². The first-order chi connectivity index (χ1) is 25.9. The van der Waals surface area contributed by atoms with Gasteiger partial charge in [-0.15, -0.1) is 0 Å². The molecule has 304 valence electrons. The highest BCUT2D eigenvalue weighted by atomic mass is 16.6. The average molecular weight is 763 g/mol. The number of fused-ring (bicyclic) bond motifs is 3. The van der Waals surface area contributed by atoms with Gasteiger partial charge >= 0.3 is 18.3 Å². The molecule has 4 saturated heterocycles. The molecule has 4 fully saturated rings. The highest BCUT2D eigenvalue weighted by Crippen LogP contribution is 2.34. The molecule has 1 aromatic carbocycles. The predicted octanol–water partition coefficient (Wildman–Crippen LogP) is 7.50. The fraction of sp³-hybridized carbons (Fsp3) is 0.674. The van der Waals surface area contributed by atoms with Crippen molar-refractivity contribution in [1.82, 2.24) is 25.0 Å². The van der Waals surface area contributed by atoms with Gasteiger partial charge in [0.1, 0.15) is 16.8 Å². The molecule has 1 aromatic heterocycles. The number of rotatable bonds is 2. The second kappa shape index (κ2) is 17.9. The number of hydrogen-bond donors (Lipinski definition) is 1. The van der Waals surface area contributed by atoms with Gasteiger partial charge in [0, 0.05) is 63.7 Å². The second-order valence-electron chi connectivity index (χ2n) is 18.5. The molecule has 4 atom stereocenters. The largest absolute Gasteiger partial charge is 0.444 e. The Bertz CT molecular complexity index is 1580. The quantitative estimate of drug-likeness (QED) is 0.311. The molecule has 6 heterocycles. The predicted molar refractivity (Wildman–Crippen MR) is 215 cm³/mol. The number of amides is 3. The Balaban J connectivity index is 0.000000163. The van der Waals surface area contributed by atoms with Crippen LogP contribution < -0.4 is 10.2 Å². The van der Waals surface area contributed by atoms with E-state index in [-0.39, 0.29) is 23.9 Å². The molecule has 4 unspecified atom stereocenters. The molecule has 12 heteroatoms. The number of piperidine rings is 2. The number of likely N-dealkylation sites (tertiary alicyclic amines) is 3. The smallest absolute Gasteiger partial charge is 0.414 e. The number of ether oxygens (including phenoxy) is 3. The van der Waals surface area contributed by atoms with E-state index in [9.17, 15) is 14.4 Å². The Morgan fingerprint density at radius 2 is 1.29 bits per heavy atom. The molecule has 7 rings (SSSR count). The van der Waals surface area contributed by atoms with Crippen LogP contribution in [0, 0.1) is 11.8 Å². The van der Waals surface area contributed by atoms with E-state index < -0.39 is 11.2 Å². The van der Waals surface area contributed by atoms with Crippen molar-refractivity contribution in [2.24, 2.45) is 11.8 Å². The molecule has 3 amide bonds. The Morgan fingerprint density at radius 1 is 0.709 bits per heavy atom. The van der Waals surface area contributed by atoms with E-state index in [1.54, 1.807) is 17.3 Å². The maximum atomic E-state index is 12.4. The highest BCUT2D eigenvalue weighted by molar-refractivity contribution is 5.90. The summed E-state index contributed by atoms with van der Waals surface area (Å²) in [4.78, 5) is 48.4. The first kappa shape index (κ1) is 42.2. The number of nitrogens with one attached hydrogen (secondary N) is 1. The number of aromatic nitrogens is 1. The van der Waals surface area contributed by atoms with E-state index in [1.165, 1.54) is 5.56 Å². The number of carbonyl (C=O) groups is 3. The van der Waals surface area contributed by atoms with Crippen molar-refractivity contribution < 1.29 is 28.6 Å². The molecule has 5 aliphatic heterocycles. The van der Waals surface area contributed by atoms with Crippen LogP contribution in [0.2, 0.25) is 0 Å². The van der Waals surface area contributed by atoms with E-state index in [0.29, 0.717) is 30.5 Å². The summed E-state index contributed by atoms with van der Waals surface area (Å²) in [5.41, 5.74) is 2.14. The summed E-state index contributed by atoms with van der Waals surface area (Å²) in [6.45, 7) is 24.7. The van der Waals surface area contributed by atoms with E-state index in [2.05, 4.69) is 45.5 Å². The summed E-state index contributed by atoms with van der Waals surface area (Å²) in [6, 6.07) is 13.2. The van der Waals surface area contributed by atoms with Gasteiger partial charge in [-0.25, -0.2) is 14.4 Å². The molecular weight excluding hydrogens is 697 g/mol. The van der Waals surface area contributed by atoms with Crippen molar-refractivity contribution in [3.8, 4) is 0 Å². The summed E-state index contributed by atoms with van der Waals surface area (Å²) in [5, 5.41) is 3.39. The summed E-state index contributed by atoms with van der Waals surface area (Å²) in [5.74, 6) is 1.21. The zero-order valence-electron chi connectivity index (χ0n) is 34.8. The molecule has 0 aliphatic carbocycles. The minimum absolute atomic E-state index is 0.137. The van der Waals surface area contributed by atoms with Crippen LogP contribution in [0.25, 0.3) is 0 Å². The zero-order chi connectivity index (χ0) is 40.0. The Morgan fingerprint density at radius 3 is 1.91 bits per heavy atom. The van der Waals surface area contributed by atoms with Gasteiger partial charge in [0.05, 0.1) is 5.69 Å². The van der Waals surface area contributed by atoms with E-state index in [1.807, 2.05) is 78.2 Å². The normalized spacial score (nSPS) is 23.6. The molecule has 0 saturated carbocycles. The van der Waals surface area contributed by atoms with Gasteiger partial charge in [-0.1, -0.05) is 30.3 Å². The number of carbonyl (C=O) groups excluding carboxylic acids is 3. The van der Waals surface area contributed by atoms with Gasteiger partial charge in [0.25, 0.3) is 0 Å².